The zero-order chi connectivity index (χ0) is 11.4. The fraction of sp³-hybridized carbons (Fsp3) is 0.615. The molecule has 1 heterocycles. The molecular formula is C13H20N2O. The van der Waals surface area contributed by atoms with Crippen molar-refractivity contribution in [3.63, 3.8) is 0 Å². The molecule has 88 valence electrons. The molecule has 0 spiro atoms. The minimum absolute atomic E-state index is 0.220. The summed E-state index contributed by atoms with van der Waals surface area (Å²) in [6.07, 6.45) is 8.38. The van der Waals surface area contributed by atoms with Crippen molar-refractivity contribution in [1.29, 1.82) is 0 Å². The molecule has 0 radical (unpaired) electrons. The highest BCUT2D eigenvalue weighted by Gasteiger charge is 2.21. The molecule has 1 atom stereocenters. The number of nitrogens with zero attached hydrogens (tertiary/aromatic N) is 1. The van der Waals surface area contributed by atoms with Gasteiger partial charge in [-0.3, -0.25) is 0 Å². The molecule has 0 saturated heterocycles. The normalized spacial score (nSPS) is 19.6. The van der Waals surface area contributed by atoms with Crippen LogP contribution >= 0.6 is 0 Å². The second-order valence-electron chi connectivity index (χ2n) is 4.76. The van der Waals surface area contributed by atoms with E-state index in [1.165, 1.54) is 32.1 Å². The lowest BCUT2D eigenvalue weighted by Gasteiger charge is -2.26. The largest absolute Gasteiger partial charge is 0.392 e. The number of aliphatic hydroxyl groups excluding tert-OH is 1. The van der Waals surface area contributed by atoms with Gasteiger partial charge in [0, 0.05) is 6.20 Å². The molecule has 1 aliphatic rings. The summed E-state index contributed by atoms with van der Waals surface area (Å²) < 4.78 is 0. The van der Waals surface area contributed by atoms with Gasteiger partial charge in [0.15, 0.2) is 0 Å². The SMILES string of the molecule is Nc1cc(CC(O)C2CCCCC2)ccn1. The molecule has 16 heavy (non-hydrogen) atoms. The number of anilines is 1. The second kappa shape index (κ2) is 5.30. The molecule has 3 heteroatoms. The van der Waals surface area contributed by atoms with Crippen molar-refractivity contribution in [2.45, 2.75) is 44.6 Å². The van der Waals surface area contributed by atoms with Gasteiger partial charge in [-0.1, -0.05) is 19.3 Å². The van der Waals surface area contributed by atoms with Crippen molar-refractivity contribution < 1.29 is 5.11 Å². The number of aliphatic hydroxyl groups is 1. The summed E-state index contributed by atoms with van der Waals surface area (Å²) in [7, 11) is 0. The molecular weight excluding hydrogens is 200 g/mol. The van der Waals surface area contributed by atoms with E-state index in [2.05, 4.69) is 4.98 Å². The third-order valence-electron chi connectivity index (χ3n) is 3.48. The molecule has 1 saturated carbocycles. The summed E-state index contributed by atoms with van der Waals surface area (Å²) in [4.78, 5) is 3.96. The Labute approximate surface area is 96.7 Å². The fourth-order valence-electron chi connectivity index (χ4n) is 2.55. The standard InChI is InChI=1S/C13H20N2O/c14-13-9-10(6-7-15-13)8-12(16)11-4-2-1-3-5-11/h6-7,9,11-12,16H,1-5,8H2,(H2,14,15). The zero-order valence-corrected chi connectivity index (χ0v) is 9.60. The van der Waals surface area contributed by atoms with Gasteiger partial charge < -0.3 is 10.8 Å². The Balaban J connectivity index is 1.93. The van der Waals surface area contributed by atoms with Crippen LogP contribution in [0.1, 0.15) is 37.7 Å². The lowest BCUT2D eigenvalue weighted by molar-refractivity contribution is 0.0851. The summed E-state index contributed by atoms with van der Waals surface area (Å²) in [5, 5.41) is 10.2. The van der Waals surface area contributed by atoms with Crippen LogP contribution in [0.2, 0.25) is 0 Å². The van der Waals surface area contributed by atoms with Gasteiger partial charge in [-0.25, -0.2) is 4.98 Å². The van der Waals surface area contributed by atoms with E-state index in [1.807, 2.05) is 12.1 Å². The van der Waals surface area contributed by atoms with Crippen LogP contribution in [0, 0.1) is 5.92 Å². The van der Waals surface area contributed by atoms with E-state index < -0.39 is 0 Å². The molecule has 1 fully saturated rings. The van der Waals surface area contributed by atoms with Gasteiger partial charge in [0.1, 0.15) is 5.82 Å². The van der Waals surface area contributed by atoms with Crippen molar-refractivity contribution in [2.75, 3.05) is 5.73 Å². The van der Waals surface area contributed by atoms with Gasteiger partial charge in [0.05, 0.1) is 6.10 Å². The van der Waals surface area contributed by atoms with Crippen LogP contribution in [-0.4, -0.2) is 16.2 Å². The maximum atomic E-state index is 10.2. The first-order chi connectivity index (χ1) is 7.75. The first-order valence-corrected chi connectivity index (χ1v) is 6.14. The zero-order valence-electron chi connectivity index (χ0n) is 9.60. The highest BCUT2D eigenvalue weighted by atomic mass is 16.3. The summed E-state index contributed by atoms with van der Waals surface area (Å²) in [6, 6.07) is 3.79. The molecule has 1 aromatic heterocycles. The lowest BCUT2D eigenvalue weighted by atomic mass is 9.83. The van der Waals surface area contributed by atoms with Crippen LogP contribution in [0.3, 0.4) is 0 Å². The third kappa shape index (κ3) is 2.95. The van der Waals surface area contributed by atoms with Crippen LogP contribution in [0.4, 0.5) is 5.82 Å². The molecule has 2 rings (SSSR count). The molecule has 0 bridgehead atoms. The highest BCUT2D eigenvalue weighted by Crippen LogP contribution is 2.27. The van der Waals surface area contributed by atoms with E-state index in [1.54, 1.807) is 6.20 Å². The Morgan fingerprint density at radius 2 is 2.12 bits per heavy atom. The number of nitrogens with two attached hydrogens (primary N) is 1. The molecule has 1 aromatic rings. The molecule has 3 N–H and O–H groups in total. The number of hydrogen-bond donors (Lipinski definition) is 2. The van der Waals surface area contributed by atoms with Gasteiger partial charge in [-0.05, 0) is 42.9 Å². The Morgan fingerprint density at radius 3 is 2.81 bits per heavy atom. The Hall–Kier alpha value is -1.09. The van der Waals surface area contributed by atoms with Gasteiger partial charge in [-0.2, -0.15) is 0 Å². The van der Waals surface area contributed by atoms with E-state index in [0.29, 0.717) is 18.2 Å². The van der Waals surface area contributed by atoms with E-state index in [4.69, 9.17) is 5.73 Å². The second-order valence-corrected chi connectivity index (χ2v) is 4.76. The van der Waals surface area contributed by atoms with E-state index in [9.17, 15) is 5.11 Å². The first kappa shape index (κ1) is 11.4. The molecule has 1 unspecified atom stereocenters. The fourth-order valence-corrected chi connectivity index (χ4v) is 2.55. The molecule has 3 nitrogen and oxygen atoms in total. The number of hydrogen-bond acceptors (Lipinski definition) is 3. The summed E-state index contributed by atoms with van der Waals surface area (Å²) in [5.41, 5.74) is 6.71. The van der Waals surface area contributed by atoms with E-state index in [-0.39, 0.29) is 6.10 Å². The van der Waals surface area contributed by atoms with Gasteiger partial charge in [-0.15, -0.1) is 0 Å². The van der Waals surface area contributed by atoms with Crippen molar-refractivity contribution in [3.8, 4) is 0 Å². The van der Waals surface area contributed by atoms with Gasteiger partial charge >= 0.3 is 0 Å². The van der Waals surface area contributed by atoms with Gasteiger partial charge in [0.25, 0.3) is 0 Å². The van der Waals surface area contributed by atoms with Gasteiger partial charge in [0.2, 0.25) is 0 Å². The Bertz CT molecular complexity index is 334. The monoisotopic (exact) mass is 220 g/mol. The number of rotatable bonds is 3. The number of aromatic nitrogens is 1. The quantitative estimate of drug-likeness (QED) is 0.820. The average Bonchev–Trinajstić information content (AvgIpc) is 2.30. The van der Waals surface area contributed by atoms with Crippen molar-refractivity contribution in [2.24, 2.45) is 5.92 Å². The smallest absolute Gasteiger partial charge is 0.123 e. The maximum absolute atomic E-state index is 10.2. The first-order valence-electron chi connectivity index (χ1n) is 6.14. The number of pyridine rings is 1. The predicted molar refractivity (Wildman–Crippen MR) is 64.9 cm³/mol. The van der Waals surface area contributed by atoms with Crippen LogP contribution in [0.25, 0.3) is 0 Å². The predicted octanol–water partition coefficient (Wildman–Crippen LogP) is 2.15. The average molecular weight is 220 g/mol. The molecule has 1 aliphatic carbocycles. The van der Waals surface area contributed by atoms with E-state index in [0.717, 1.165) is 5.56 Å². The molecule has 0 aromatic carbocycles. The summed E-state index contributed by atoms with van der Waals surface area (Å²) in [6.45, 7) is 0. The van der Waals surface area contributed by atoms with Crippen molar-refractivity contribution >= 4 is 5.82 Å². The van der Waals surface area contributed by atoms with Crippen LogP contribution < -0.4 is 5.73 Å². The number of nitrogen functional groups attached to an aromatic ring is 1. The lowest BCUT2D eigenvalue weighted by Crippen LogP contribution is -2.25. The minimum Gasteiger partial charge on any atom is -0.392 e. The van der Waals surface area contributed by atoms with Crippen LogP contribution in [0.15, 0.2) is 18.3 Å². The Kier molecular flexibility index (Phi) is 3.78. The van der Waals surface area contributed by atoms with Crippen LogP contribution in [-0.2, 0) is 6.42 Å². The van der Waals surface area contributed by atoms with Crippen molar-refractivity contribution in [3.05, 3.63) is 23.9 Å². The third-order valence-corrected chi connectivity index (χ3v) is 3.48. The summed E-state index contributed by atoms with van der Waals surface area (Å²) in [5.74, 6) is 1.01. The van der Waals surface area contributed by atoms with Crippen molar-refractivity contribution in [1.82, 2.24) is 4.98 Å². The minimum atomic E-state index is -0.220. The molecule has 0 aliphatic heterocycles. The van der Waals surface area contributed by atoms with E-state index >= 15 is 0 Å². The highest BCUT2D eigenvalue weighted by molar-refractivity contribution is 5.32. The molecule has 0 amide bonds. The summed E-state index contributed by atoms with van der Waals surface area (Å²) >= 11 is 0. The topological polar surface area (TPSA) is 59.1 Å². The Morgan fingerprint density at radius 1 is 1.38 bits per heavy atom. The van der Waals surface area contributed by atoms with Crippen LogP contribution in [0.5, 0.6) is 0 Å². The maximum Gasteiger partial charge on any atom is 0.123 e.